The summed E-state index contributed by atoms with van der Waals surface area (Å²) in [5.41, 5.74) is 0.258. The number of anilines is 1. The van der Waals surface area contributed by atoms with Gasteiger partial charge in [-0.1, -0.05) is 24.7 Å². The third-order valence-corrected chi connectivity index (χ3v) is 6.33. The van der Waals surface area contributed by atoms with E-state index in [0.717, 1.165) is 31.7 Å². The Labute approximate surface area is 148 Å². The van der Waals surface area contributed by atoms with Gasteiger partial charge in [-0.05, 0) is 30.7 Å². The molecule has 25 heavy (non-hydrogen) atoms. The van der Waals surface area contributed by atoms with Gasteiger partial charge in [0.15, 0.2) is 0 Å². The van der Waals surface area contributed by atoms with E-state index in [1.165, 1.54) is 26.3 Å². The fraction of sp³-hybridized carbons (Fsp3) is 0.625. The molecule has 1 fully saturated rings. The first-order valence-electron chi connectivity index (χ1n) is 8.15. The Kier molecular flexibility index (Phi) is 5.70. The molecule has 9 heteroatoms. The number of non-ortho nitro benzene ring substituents is 1. The molecule has 0 aliphatic heterocycles. The number of nitrogens with one attached hydrogen (secondary N) is 1. The molecule has 1 atom stereocenters. The highest BCUT2D eigenvalue weighted by Crippen LogP contribution is 2.37. The number of hydrogen-bond donors (Lipinski definition) is 1. The molecule has 0 aromatic heterocycles. The van der Waals surface area contributed by atoms with E-state index >= 15 is 0 Å². The molecule has 2 rings (SSSR count). The van der Waals surface area contributed by atoms with Crippen LogP contribution in [-0.2, 0) is 14.9 Å². The van der Waals surface area contributed by atoms with Gasteiger partial charge in [0.25, 0.3) is 15.7 Å². The molecule has 1 unspecified atom stereocenters. The lowest BCUT2D eigenvalue weighted by Gasteiger charge is -2.36. The quantitative estimate of drug-likeness (QED) is 0.609. The summed E-state index contributed by atoms with van der Waals surface area (Å²) in [6.45, 7) is 4.38. The Hall–Kier alpha value is -1.71. The molecule has 0 radical (unpaired) electrons. The van der Waals surface area contributed by atoms with E-state index in [1.807, 2.05) is 0 Å². The summed E-state index contributed by atoms with van der Waals surface area (Å²) in [4.78, 5) is 15.1. The molecule has 1 N–H and O–H groups in total. The second kappa shape index (κ2) is 7.27. The zero-order valence-electron chi connectivity index (χ0n) is 15.0. The van der Waals surface area contributed by atoms with Crippen molar-refractivity contribution < 1.29 is 18.2 Å². The highest BCUT2D eigenvalue weighted by Gasteiger charge is 2.31. The Bertz CT molecular complexity index is 748. The van der Waals surface area contributed by atoms with Gasteiger partial charge in [-0.3, -0.25) is 15.0 Å². The summed E-state index contributed by atoms with van der Waals surface area (Å²) >= 11 is 0. The van der Waals surface area contributed by atoms with Gasteiger partial charge in [-0.15, -0.1) is 0 Å². The van der Waals surface area contributed by atoms with Crippen LogP contribution in [0.2, 0.25) is 0 Å². The first-order chi connectivity index (χ1) is 11.6. The van der Waals surface area contributed by atoms with Gasteiger partial charge >= 0.3 is 0 Å². The molecule has 8 nitrogen and oxygen atoms in total. The molecule has 0 heterocycles. The maximum Gasteiger partial charge on any atom is 0.270 e. The summed E-state index contributed by atoms with van der Waals surface area (Å²) in [5, 5.41) is 14.3. The summed E-state index contributed by atoms with van der Waals surface area (Å²) in [6, 6.07) is 3.95. The van der Waals surface area contributed by atoms with Crippen molar-refractivity contribution in [3.63, 3.8) is 0 Å². The lowest BCUT2D eigenvalue weighted by Crippen LogP contribution is -2.33. The topological polar surface area (TPSA) is 102 Å². The predicted octanol–water partition coefficient (Wildman–Crippen LogP) is 3.16. The number of sulfonamides is 1. The van der Waals surface area contributed by atoms with Crippen molar-refractivity contribution in [2.45, 2.75) is 50.5 Å². The average Bonchev–Trinajstić information content (AvgIpc) is 2.53. The molecule has 1 aliphatic rings. The Balaban J connectivity index is 2.42. The Morgan fingerprint density at radius 2 is 2.08 bits per heavy atom. The summed E-state index contributed by atoms with van der Waals surface area (Å²) in [6.07, 6.45) is 4.02. The standard InChI is InChI=1S/C16H25N3O5S/c1-16(2)9-5-6-12(11-16)17-14-8-7-13(19(20)21)10-15(14)25(22,23)18(3)24-4/h7-8,10,12,17H,5-6,9,11H2,1-4H3. The molecule has 0 spiro atoms. The minimum Gasteiger partial charge on any atom is -0.381 e. The molecule has 1 saturated carbocycles. The van der Waals surface area contributed by atoms with Gasteiger partial charge < -0.3 is 5.32 Å². The minimum absolute atomic E-state index is 0.118. The Morgan fingerprint density at radius 3 is 2.64 bits per heavy atom. The van der Waals surface area contributed by atoms with Crippen molar-refractivity contribution in [2.24, 2.45) is 5.41 Å². The van der Waals surface area contributed by atoms with Crippen molar-refractivity contribution in [3.05, 3.63) is 28.3 Å². The van der Waals surface area contributed by atoms with Crippen LogP contribution in [0.1, 0.15) is 39.5 Å². The van der Waals surface area contributed by atoms with Crippen LogP contribution in [-0.4, -0.2) is 38.0 Å². The van der Waals surface area contributed by atoms with E-state index in [-0.39, 0.29) is 22.0 Å². The first kappa shape index (κ1) is 19.6. The van der Waals surface area contributed by atoms with E-state index in [2.05, 4.69) is 19.2 Å². The third-order valence-electron chi connectivity index (χ3n) is 4.61. The number of hydroxylamine groups is 1. The van der Waals surface area contributed by atoms with Crippen LogP contribution in [0.3, 0.4) is 0 Å². The monoisotopic (exact) mass is 371 g/mol. The third kappa shape index (κ3) is 4.47. The van der Waals surface area contributed by atoms with Crippen LogP contribution in [0.5, 0.6) is 0 Å². The number of nitrogens with zero attached hydrogens (tertiary/aromatic N) is 2. The SMILES string of the molecule is CON(C)S(=O)(=O)c1cc([N+](=O)[O-])ccc1NC1CCCC(C)(C)C1. The Morgan fingerprint density at radius 1 is 1.40 bits per heavy atom. The van der Waals surface area contributed by atoms with Crippen molar-refractivity contribution >= 4 is 21.4 Å². The van der Waals surface area contributed by atoms with E-state index in [4.69, 9.17) is 4.84 Å². The van der Waals surface area contributed by atoms with Crippen molar-refractivity contribution in [3.8, 4) is 0 Å². The van der Waals surface area contributed by atoms with Crippen molar-refractivity contribution in [2.75, 3.05) is 19.5 Å². The van der Waals surface area contributed by atoms with E-state index in [1.54, 1.807) is 0 Å². The van der Waals surface area contributed by atoms with Crippen LogP contribution in [0, 0.1) is 15.5 Å². The van der Waals surface area contributed by atoms with E-state index in [0.29, 0.717) is 10.2 Å². The normalized spacial score (nSPS) is 20.4. The highest BCUT2D eigenvalue weighted by atomic mass is 32.2. The predicted molar refractivity (Wildman–Crippen MR) is 94.7 cm³/mol. The molecule has 1 aromatic carbocycles. The maximum absolute atomic E-state index is 12.7. The molecule has 0 amide bonds. The largest absolute Gasteiger partial charge is 0.381 e. The van der Waals surface area contributed by atoms with Gasteiger partial charge in [-0.25, -0.2) is 8.42 Å². The number of nitro benzene ring substituents is 1. The number of hydrogen-bond acceptors (Lipinski definition) is 6. The lowest BCUT2D eigenvalue weighted by molar-refractivity contribution is -0.385. The second-order valence-corrected chi connectivity index (χ2v) is 9.04. The smallest absolute Gasteiger partial charge is 0.270 e. The minimum atomic E-state index is -4.01. The van der Waals surface area contributed by atoms with Crippen LogP contribution >= 0.6 is 0 Å². The number of nitro groups is 1. The van der Waals surface area contributed by atoms with E-state index < -0.39 is 14.9 Å². The zero-order valence-corrected chi connectivity index (χ0v) is 15.8. The fourth-order valence-electron chi connectivity index (χ4n) is 3.24. The van der Waals surface area contributed by atoms with Crippen LogP contribution < -0.4 is 5.32 Å². The van der Waals surface area contributed by atoms with E-state index in [9.17, 15) is 18.5 Å². The zero-order chi connectivity index (χ0) is 18.8. The molecule has 0 bridgehead atoms. The van der Waals surface area contributed by atoms with Gasteiger partial charge in [0.2, 0.25) is 0 Å². The summed E-state index contributed by atoms with van der Waals surface area (Å²) in [5.74, 6) is 0. The van der Waals surface area contributed by atoms with Gasteiger partial charge in [0, 0.05) is 25.2 Å². The summed E-state index contributed by atoms with van der Waals surface area (Å²) in [7, 11) is -1.53. The average molecular weight is 371 g/mol. The first-order valence-corrected chi connectivity index (χ1v) is 9.59. The number of benzene rings is 1. The van der Waals surface area contributed by atoms with Gasteiger partial charge in [0.1, 0.15) is 4.90 Å². The van der Waals surface area contributed by atoms with Crippen LogP contribution in [0.4, 0.5) is 11.4 Å². The molecule has 0 saturated heterocycles. The molecular formula is C16H25N3O5S. The molecule has 140 valence electrons. The second-order valence-electron chi connectivity index (χ2n) is 7.14. The fourth-order valence-corrected chi connectivity index (χ4v) is 4.38. The van der Waals surface area contributed by atoms with Crippen LogP contribution in [0.25, 0.3) is 0 Å². The van der Waals surface area contributed by atoms with Crippen LogP contribution in [0.15, 0.2) is 23.1 Å². The number of rotatable bonds is 6. The lowest BCUT2D eigenvalue weighted by atomic mass is 9.75. The maximum atomic E-state index is 12.7. The van der Waals surface area contributed by atoms with Gasteiger partial charge in [0.05, 0.1) is 17.7 Å². The molecule has 1 aromatic rings. The van der Waals surface area contributed by atoms with Gasteiger partial charge in [-0.2, -0.15) is 0 Å². The summed E-state index contributed by atoms with van der Waals surface area (Å²) < 4.78 is 26.0. The van der Waals surface area contributed by atoms with Crippen molar-refractivity contribution in [1.29, 1.82) is 0 Å². The molecular weight excluding hydrogens is 346 g/mol. The molecule has 1 aliphatic carbocycles. The highest BCUT2D eigenvalue weighted by molar-refractivity contribution is 7.89. The van der Waals surface area contributed by atoms with Crippen molar-refractivity contribution in [1.82, 2.24) is 4.47 Å².